The van der Waals surface area contributed by atoms with Crippen LogP contribution in [0, 0.1) is 11.3 Å². The van der Waals surface area contributed by atoms with Crippen LogP contribution in [-0.4, -0.2) is 9.38 Å². The topological polar surface area (TPSA) is 41.1 Å². The van der Waals surface area contributed by atoms with Crippen LogP contribution >= 0.6 is 0 Å². The molecule has 52 valence electrons. The highest BCUT2D eigenvalue weighted by atomic mass is 15.0. The zero-order valence-electron chi connectivity index (χ0n) is 5.73. The van der Waals surface area contributed by atoms with E-state index < -0.39 is 0 Å². The van der Waals surface area contributed by atoms with E-state index in [9.17, 15) is 0 Å². The third kappa shape index (κ3) is 0.849. The van der Waals surface area contributed by atoms with Gasteiger partial charge in [0, 0.05) is 6.20 Å². The van der Waals surface area contributed by atoms with Gasteiger partial charge in [-0.3, -0.25) is 0 Å². The first kappa shape index (κ1) is 5.93. The lowest BCUT2D eigenvalue weighted by molar-refractivity contribution is 1.15. The zero-order chi connectivity index (χ0) is 7.68. The lowest BCUT2D eigenvalue weighted by Gasteiger charge is -1.91. The molecule has 2 aromatic heterocycles. The van der Waals surface area contributed by atoms with Gasteiger partial charge in [-0.2, -0.15) is 5.26 Å². The molecule has 0 fully saturated rings. The van der Waals surface area contributed by atoms with Gasteiger partial charge in [-0.25, -0.2) is 4.98 Å². The summed E-state index contributed by atoms with van der Waals surface area (Å²) >= 11 is 0. The predicted octanol–water partition coefficient (Wildman–Crippen LogP) is 1.21. The Hall–Kier alpha value is -1.82. The quantitative estimate of drug-likeness (QED) is 0.556. The highest BCUT2D eigenvalue weighted by Gasteiger charge is 1.93. The standard InChI is InChI=1S/C8H5N3/c9-4-7-1-2-11-6-10-5-8(11)3-7/h1-3,5-6H. The second kappa shape index (κ2) is 2.10. The lowest BCUT2D eigenvalue weighted by Crippen LogP contribution is -1.81. The van der Waals surface area contributed by atoms with Crippen LogP contribution in [0.2, 0.25) is 0 Å². The fraction of sp³-hybridized carbons (Fsp3) is 0. The van der Waals surface area contributed by atoms with Crippen LogP contribution in [-0.2, 0) is 0 Å². The molecular weight excluding hydrogens is 138 g/mol. The van der Waals surface area contributed by atoms with E-state index in [1.165, 1.54) is 0 Å². The van der Waals surface area contributed by atoms with Crippen molar-refractivity contribution in [1.82, 2.24) is 9.38 Å². The molecule has 2 aromatic rings. The van der Waals surface area contributed by atoms with E-state index >= 15 is 0 Å². The van der Waals surface area contributed by atoms with Crippen LogP contribution in [0.25, 0.3) is 5.52 Å². The van der Waals surface area contributed by atoms with Crippen molar-refractivity contribution in [3.8, 4) is 6.07 Å². The number of nitrogens with zero attached hydrogens (tertiary/aromatic N) is 3. The number of imidazole rings is 1. The van der Waals surface area contributed by atoms with E-state index in [1.54, 1.807) is 24.7 Å². The molecule has 3 nitrogen and oxygen atoms in total. The molecule has 3 heteroatoms. The summed E-state index contributed by atoms with van der Waals surface area (Å²) < 4.78 is 1.86. The predicted molar refractivity (Wildman–Crippen MR) is 39.9 cm³/mol. The number of aromatic nitrogens is 2. The third-order valence-electron chi connectivity index (χ3n) is 1.54. The first-order chi connectivity index (χ1) is 5.40. The van der Waals surface area contributed by atoms with Gasteiger partial charge in [0.05, 0.1) is 29.7 Å². The molecule has 0 atom stereocenters. The number of hydrogen-bond acceptors (Lipinski definition) is 2. The highest BCUT2D eigenvalue weighted by Crippen LogP contribution is 2.04. The maximum absolute atomic E-state index is 8.55. The fourth-order valence-corrected chi connectivity index (χ4v) is 0.989. The van der Waals surface area contributed by atoms with Crippen LogP contribution in [0.5, 0.6) is 0 Å². The first-order valence-corrected chi connectivity index (χ1v) is 3.22. The minimum absolute atomic E-state index is 0.665. The van der Waals surface area contributed by atoms with Crippen molar-refractivity contribution in [3.63, 3.8) is 0 Å². The molecule has 0 spiro atoms. The Bertz CT molecular complexity index is 422. The zero-order valence-corrected chi connectivity index (χ0v) is 5.73. The number of rotatable bonds is 0. The molecule has 0 unspecified atom stereocenters. The molecule has 0 saturated carbocycles. The van der Waals surface area contributed by atoms with Gasteiger partial charge in [0.15, 0.2) is 0 Å². The van der Waals surface area contributed by atoms with Crippen molar-refractivity contribution >= 4 is 5.52 Å². The summed E-state index contributed by atoms with van der Waals surface area (Å²) in [5, 5.41) is 8.55. The van der Waals surface area contributed by atoms with E-state index in [1.807, 2.05) is 10.6 Å². The Morgan fingerprint density at radius 2 is 2.45 bits per heavy atom. The largest absolute Gasteiger partial charge is 0.306 e. The Labute approximate surface area is 63.5 Å². The Balaban J connectivity index is 2.79. The van der Waals surface area contributed by atoms with Crippen molar-refractivity contribution in [2.45, 2.75) is 0 Å². The van der Waals surface area contributed by atoms with Gasteiger partial charge in [-0.05, 0) is 12.1 Å². The van der Waals surface area contributed by atoms with Crippen LogP contribution in [0.4, 0.5) is 0 Å². The van der Waals surface area contributed by atoms with Crippen molar-refractivity contribution < 1.29 is 0 Å². The maximum Gasteiger partial charge on any atom is 0.0992 e. The number of fused-ring (bicyclic) bond motifs is 1. The summed E-state index contributed by atoms with van der Waals surface area (Å²) in [6.07, 6.45) is 5.25. The van der Waals surface area contributed by atoms with Gasteiger partial charge in [0.25, 0.3) is 0 Å². The van der Waals surface area contributed by atoms with Gasteiger partial charge in [-0.1, -0.05) is 0 Å². The van der Waals surface area contributed by atoms with Gasteiger partial charge in [0.1, 0.15) is 0 Å². The van der Waals surface area contributed by atoms with E-state index in [4.69, 9.17) is 5.26 Å². The summed E-state index contributed by atoms with van der Waals surface area (Å²) in [6.45, 7) is 0. The molecule has 0 bridgehead atoms. The molecule has 2 rings (SSSR count). The minimum Gasteiger partial charge on any atom is -0.306 e. The normalized spacial score (nSPS) is 9.73. The van der Waals surface area contributed by atoms with Crippen LogP contribution in [0.15, 0.2) is 30.9 Å². The molecule has 0 N–H and O–H groups in total. The highest BCUT2D eigenvalue weighted by molar-refractivity contribution is 5.49. The molecular formula is C8H5N3. The molecule has 2 heterocycles. The monoisotopic (exact) mass is 143 g/mol. The molecule has 0 aliphatic rings. The van der Waals surface area contributed by atoms with Gasteiger partial charge < -0.3 is 4.40 Å². The second-order valence-electron chi connectivity index (χ2n) is 2.25. The van der Waals surface area contributed by atoms with Crippen molar-refractivity contribution in [1.29, 1.82) is 5.26 Å². The van der Waals surface area contributed by atoms with E-state index in [2.05, 4.69) is 11.1 Å². The van der Waals surface area contributed by atoms with E-state index in [0.29, 0.717) is 5.56 Å². The maximum atomic E-state index is 8.55. The molecule has 11 heavy (non-hydrogen) atoms. The minimum atomic E-state index is 0.665. The first-order valence-electron chi connectivity index (χ1n) is 3.22. The Morgan fingerprint density at radius 1 is 1.55 bits per heavy atom. The van der Waals surface area contributed by atoms with E-state index in [0.717, 1.165) is 5.52 Å². The third-order valence-corrected chi connectivity index (χ3v) is 1.54. The molecule has 0 aromatic carbocycles. The Morgan fingerprint density at radius 3 is 3.27 bits per heavy atom. The van der Waals surface area contributed by atoms with Gasteiger partial charge >= 0.3 is 0 Å². The smallest absolute Gasteiger partial charge is 0.0992 e. The summed E-state index contributed by atoms with van der Waals surface area (Å²) in [7, 11) is 0. The average Bonchev–Trinajstić information content (AvgIpc) is 2.50. The summed E-state index contributed by atoms with van der Waals surface area (Å²) in [5.74, 6) is 0. The van der Waals surface area contributed by atoms with Crippen LogP contribution < -0.4 is 0 Å². The van der Waals surface area contributed by atoms with Gasteiger partial charge in [0.2, 0.25) is 0 Å². The Kier molecular flexibility index (Phi) is 1.13. The van der Waals surface area contributed by atoms with Crippen molar-refractivity contribution in [2.75, 3.05) is 0 Å². The summed E-state index contributed by atoms with van der Waals surface area (Å²) in [5.41, 5.74) is 1.61. The fourth-order valence-electron chi connectivity index (χ4n) is 0.989. The average molecular weight is 143 g/mol. The van der Waals surface area contributed by atoms with Crippen molar-refractivity contribution in [2.24, 2.45) is 0 Å². The second-order valence-corrected chi connectivity index (χ2v) is 2.25. The van der Waals surface area contributed by atoms with Crippen molar-refractivity contribution in [3.05, 3.63) is 36.4 Å². The van der Waals surface area contributed by atoms with Crippen LogP contribution in [0.1, 0.15) is 5.56 Å². The summed E-state index contributed by atoms with van der Waals surface area (Å²) in [4.78, 5) is 3.93. The molecule has 0 radical (unpaired) electrons. The van der Waals surface area contributed by atoms with Crippen LogP contribution in [0.3, 0.4) is 0 Å². The SMILES string of the molecule is N#Cc1ccn2cncc2c1. The summed E-state index contributed by atoms with van der Waals surface area (Å²) in [6, 6.07) is 5.62. The number of pyridine rings is 1. The van der Waals surface area contributed by atoms with E-state index in [-0.39, 0.29) is 0 Å². The number of hydrogen-bond donors (Lipinski definition) is 0. The molecule has 0 saturated heterocycles. The molecule has 0 amide bonds. The molecule has 0 aliphatic carbocycles. The van der Waals surface area contributed by atoms with Gasteiger partial charge in [-0.15, -0.1) is 0 Å². The lowest BCUT2D eigenvalue weighted by atomic mass is 10.3. The number of nitriles is 1. The molecule has 0 aliphatic heterocycles.